The van der Waals surface area contributed by atoms with Crippen molar-refractivity contribution < 1.29 is 5.11 Å². The summed E-state index contributed by atoms with van der Waals surface area (Å²) in [6.07, 6.45) is 12.4. The maximum absolute atomic E-state index is 9.34. The van der Waals surface area contributed by atoms with Crippen molar-refractivity contribution in [2.45, 2.75) is 53.4 Å². The molecule has 0 atom stereocenters. The Hall–Kier alpha value is -2.00. The minimum absolute atomic E-state index is 0.175. The number of nitrogens with one attached hydrogen (secondary N) is 1. The van der Waals surface area contributed by atoms with E-state index >= 15 is 0 Å². The van der Waals surface area contributed by atoms with Crippen molar-refractivity contribution in [2.75, 3.05) is 0 Å². The van der Waals surface area contributed by atoms with Crippen LogP contribution in [0, 0.1) is 5.41 Å². The first-order valence-corrected chi connectivity index (χ1v) is 9.32. The Kier molecular flexibility index (Phi) is 12.2. The second kappa shape index (κ2) is 13.2. The number of aliphatic hydroxyl groups excluding tert-OH is 1. The molecule has 0 aromatic rings. The molecule has 0 aromatic carbocycles. The molecule has 142 valence electrons. The molecule has 0 aliphatic heterocycles. The van der Waals surface area contributed by atoms with E-state index in [-0.39, 0.29) is 5.76 Å². The summed E-state index contributed by atoms with van der Waals surface area (Å²) >= 11 is 4.09. The standard InChI is InChI=1S/C23H33NOS/c1-7-22(25)12-11-17(2)9-8-10-18(3)15-23(24)21(6)16-20(5)19(4)13-14-26/h7,11-14,16,24-26H,1,3,8-10,15H2,2,4-6H3/b14-13-,17-11+,20-19+,21-16+,22-12+,24-23?. The second-order valence-electron chi connectivity index (χ2n) is 6.58. The number of hydrogen-bond acceptors (Lipinski definition) is 3. The van der Waals surface area contributed by atoms with Crippen LogP contribution in [0.3, 0.4) is 0 Å². The topological polar surface area (TPSA) is 44.1 Å². The highest BCUT2D eigenvalue weighted by atomic mass is 32.1. The van der Waals surface area contributed by atoms with Crippen molar-refractivity contribution in [2.24, 2.45) is 0 Å². The zero-order valence-electron chi connectivity index (χ0n) is 16.6. The van der Waals surface area contributed by atoms with Crippen LogP contribution in [0.4, 0.5) is 0 Å². The van der Waals surface area contributed by atoms with Crippen molar-refractivity contribution in [3.8, 4) is 0 Å². The molecule has 0 saturated heterocycles. The predicted octanol–water partition coefficient (Wildman–Crippen LogP) is 7.42. The zero-order chi connectivity index (χ0) is 20.1. The van der Waals surface area contributed by atoms with Gasteiger partial charge < -0.3 is 10.5 Å². The van der Waals surface area contributed by atoms with E-state index in [1.807, 2.05) is 45.9 Å². The van der Waals surface area contributed by atoms with E-state index in [9.17, 15) is 5.11 Å². The molecule has 0 spiro atoms. The van der Waals surface area contributed by atoms with Gasteiger partial charge in [0.05, 0.1) is 0 Å². The van der Waals surface area contributed by atoms with Gasteiger partial charge in [0.1, 0.15) is 5.76 Å². The lowest BCUT2D eigenvalue weighted by molar-refractivity contribution is 0.433. The lowest BCUT2D eigenvalue weighted by Gasteiger charge is -2.09. The summed E-state index contributed by atoms with van der Waals surface area (Å²) in [4.78, 5) is 0. The number of allylic oxidation sites excluding steroid dienone is 10. The van der Waals surface area contributed by atoms with Crippen molar-refractivity contribution in [1.82, 2.24) is 0 Å². The Balaban J connectivity index is 4.54. The van der Waals surface area contributed by atoms with Gasteiger partial charge in [0.2, 0.25) is 0 Å². The van der Waals surface area contributed by atoms with Crippen molar-refractivity contribution in [3.05, 3.63) is 82.6 Å². The summed E-state index contributed by atoms with van der Waals surface area (Å²) in [5, 5.41) is 19.3. The third-order valence-electron chi connectivity index (χ3n) is 4.13. The molecule has 0 rings (SSSR count). The average molecular weight is 372 g/mol. The number of rotatable bonds is 11. The molecule has 26 heavy (non-hydrogen) atoms. The van der Waals surface area contributed by atoms with Gasteiger partial charge in [0, 0.05) is 12.1 Å². The molecule has 0 bridgehead atoms. The van der Waals surface area contributed by atoms with Gasteiger partial charge >= 0.3 is 0 Å². The Bertz CT molecular complexity index is 672. The SMILES string of the molecule is C=C/C(O)=C\C=C(/C)CCCC(=C)CC(=N)/C(C)=C/C(C)=C(C)/C=C\S. The number of aliphatic hydroxyl groups is 1. The van der Waals surface area contributed by atoms with Crippen molar-refractivity contribution in [1.29, 1.82) is 5.41 Å². The molecule has 2 N–H and O–H groups in total. The van der Waals surface area contributed by atoms with Gasteiger partial charge in [-0.3, -0.25) is 0 Å². The molecule has 0 fully saturated rings. The van der Waals surface area contributed by atoms with Gasteiger partial charge in [-0.15, -0.1) is 0 Å². The van der Waals surface area contributed by atoms with E-state index in [0.717, 1.165) is 41.6 Å². The number of hydrogen-bond donors (Lipinski definition) is 3. The molecule has 0 aliphatic carbocycles. The van der Waals surface area contributed by atoms with Crippen LogP contribution in [-0.4, -0.2) is 10.8 Å². The van der Waals surface area contributed by atoms with Crippen LogP contribution in [0.1, 0.15) is 53.4 Å². The molecule has 0 saturated carbocycles. The molecule has 0 aliphatic rings. The van der Waals surface area contributed by atoms with E-state index in [1.165, 1.54) is 11.6 Å². The first-order chi connectivity index (χ1) is 12.2. The van der Waals surface area contributed by atoms with Gasteiger partial charge in [-0.25, -0.2) is 0 Å². The Morgan fingerprint density at radius 1 is 1.08 bits per heavy atom. The van der Waals surface area contributed by atoms with E-state index in [4.69, 9.17) is 5.41 Å². The maximum Gasteiger partial charge on any atom is 0.114 e. The lowest BCUT2D eigenvalue weighted by Crippen LogP contribution is -2.01. The Morgan fingerprint density at radius 3 is 2.31 bits per heavy atom. The molecular formula is C23H33NOS. The normalized spacial score (nSPS) is 14.4. The fourth-order valence-electron chi connectivity index (χ4n) is 2.24. The molecule has 0 aromatic heterocycles. The van der Waals surface area contributed by atoms with Gasteiger partial charge in [-0.1, -0.05) is 42.5 Å². The minimum atomic E-state index is 0.175. The van der Waals surface area contributed by atoms with Crippen molar-refractivity contribution in [3.63, 3.8) is 0 Å². The third kappa shape index (κ3) is 10.8. The van der Waals surface area contributed by atoms with Gasteiger partial charge in [0.15, 0.2) is 0 Å². The quantitative estimate of drug-likeness (QED) is 0.114. The molecule has 2 nitrogen and oxygen atoms in total. The summed E-state index contributed by atoms with van der Waals surface area (Å²) in [5.74, 6) is 0.175. The third-order valence-corrected chi connectivity index (χ3v) is 4.28. The van der Waals surface area contributed by atoms with Gasteiger partial charge in [-0.2, -0.15) is 12.6 Å². The summed E-state index contributed by atoms with van der Waals surface area (Å²) in [6.45, 7) is 15.7. The van der Waals surface area contributed by atoms with E-state index < -0.39 is 0 Å². The molecule has 0 unspecified atom stereocenters. The monoisotopic (exact) mass is 371 g/mol. The van der Waals surface area contributed by atoms with Gasteiger partial charge in [-0.05, 0) is 81.2 Å². The van der Waals surface area contributed by atoms with E-state index in [0.29, 0.717) is 12.1 Å². The summed E-state index contributed by atoms with van der Waals surface area (Å²) in [7, 11) is 0. The molecular weight excluding hydrogens is 338 g/mol. The number of thiol groups is 1. The smallest absolute Gasteiger partial charge is 0.114 e. The highest BCUT2D eigenvalue weighted by Gasteiger charge is 2.04. The maximum atomic E-state index is 9.34. The Morgan fingerprint density at radius 2 is 1.73 bits per heavy atom. The van der Waals surface area contributed by atoms with Crippen LogP contribution >= 0.6 is 12.6 Å². The molecule has 3 heteroatoms. The van der Waals surface area contributed by atoms with Crippen LogP contribution in [0.2, 0.25) is 0 Å². The minimum Gasteiger partial charge on any atom is -0.508 e. The summed E-state index contributed by atoms with van der Waals surface area (Å²) in [5.41, 5.74) is 6.14. The predicted molar refractivity (Wildman–Crippen MR) is 120 cm³/mol. The van der Waals surface area contributed by atoms with Crippen LogP contribution in [-0.2, 0) is 0 Å². The highest BCUT2D eigenvalue weighted by molar-refractivity contribution is 7.83. The van der Waals surface area contributed by atoms with Crippen LogP contribution in [0.5, 0.6) is 0 Å². The molecule has 0 heterocycles. The Labute approximate surface area is 165 Å². The van der Waals surface area contributed by atoms with E-state index in [2.05, 4.69) is 25.8 Å². The second-order valence-corrected chi connectivity index (χ2v) is 6.87. The van der Waals surface area contributed by atoms with Crippen LogP contribution in [0.15, 0.2) is 82.6 Å². The average Bonchev–Trinajstić information content (AvgIpc) is 2.59. The summed E-state index contributed by atoms with van der Waals surface area (Å²) in [6, 6.07) is 0. The fourth-order valence-corrected chi connectivity index (χ4v) is 2.47. The molecule has 0 radical (unpaired) electrons. The fraction of sp³-hybridized carbons (Fsp3) is 0.348. The zero-order valence-corrected chi connectivity index (χ0v) is 17.5. The van der Waals surface area contributed by atoms with Crippen LogP contribution in [0.25, 0.3) is 0 Å². The van der Waals surface area contributed by atoms with Gasteiger partial charge in [0.25, 0.3) is 0 Å². The largest absolute Gasteiger partial charge is 0.508 e. The summed E-state index contributed by atoms with van der Waals surface area (Å²) < 4.78 is 0. The first-order valence-electron chi connectivity index (χ1n) is 8.81. The van der Waals surface area contributed by atoms with Crippen molar-refractivity contribution >= 4 is 18.3 Å². The lowest BCUT2D eigenvalue weighted by atomic mass is 9.97. The van der Waals surface area contributed by atoms with Crippen LogP contribution < -0.4 is 0 Å². The van der Waals surface area contributed by atoms with E-state index in [1.54, 1.807) is 11.5 Å². The highest BCUT2D eigenvalue weighted by Crippen LogP contribution is 2.17. The molecule has 0 amide bonds. The first kappa shape index (κ1) is 24.0.